The van der Waals surface area contributed by atoms with Crippen LogP contribution in [0.1, 0.15) is 26.7 Å². The van der Waals surface area contributed by atoms with Crippen molar-refractivity contribution in [3.8, 4) is 0 Å². The molecule has 0 aliphatic rings. The van der Waals surface area contributed by atoms with Crippen molar-refractivity contribution in [3.05, 3.63) is 0 Å². The summed E-state index contributed by atoms with van der Waals surface area (Å²) in [5, 5.41) is 0. The predicted octanol–water partition coefficient (Wildman–Crippen LogP) is -1.16. The van der Waals surface area contributed by atoms with Crippen molar-refractivity contribution in [1.82, 2.24) is 0 Å². The minimum absolute atomic E-state index is 0.0556. The lowest BCUT2D eigenvalue weighted by Crippen LogP contribution is -2.53. The average Bonchev–Trinajstić information content (AvgIpc) is 2.03. The fraction of sp³-hybridized carbons (Fsp3) is 1.00. The molecule has 0 aromatic rings. The molecule has 0 unspecified atom stereocenters. The quantitative estimate of drug-likeness (QED) is 0.466. The molecule has 13 heavy (non-hydrogen) atoms. The Hall–Kier alpha value is 0.0969. The van der Waals surface area contributed by atoms with E-state index in [0.29, 0.717) is 5.54 Å². The summed E-state index contributed by atoms with van der Waals surface area (Å²) >= 11 is 0. The summed E-state index contributed by atoms with van der Waals surface area (Å²) < 4.78 is 1.01. The minimum Gasteiger partial charge on any atom is -0.865 e. The summed E-state index contributed by atoms with van der Waals surface area (Å²) in [4.78, 5) is 8.39. The number of quaternary nitrogens is 1. The van der Waals surface area contributed by atoms with Gasteiger partial charge in [-0.2, -0.15) is 0 Å². The molecule has 0 bridgehead atoms. The molecule has 0 fully saturated rings. The summed E-state index contributed by atoms with van der Waals surface area (Å²) in [5.74, 6) is 0. The van der Waals surface area contributed by atoms with Crippen LogP contribution in [0.3, 0.4) is 0 Å². The van der Waals surface area contributed by atoms with E-state index in [9.17, 15) is 0 Å². The highest BCUT2D eigenvalue weighted by Crippen LogP contribution is 2.22. The van der Waals surface area contributed by atoms with E-state index in [-0.39, 0.29) is 10.5 Å². The first-order valence-corrected chi connectivity index (χ1v) is 5.55. The minimum atomic E-state index is 0.0556. The predicted molar refractivity (Wildman–Crippen MR) is 60.3 cm³/mol. The highest BCUT2D eigenvalue weighted by molar-refractivity contribution is 5.92. The third kappa shape index (κ3) is 6.21. The van der Waals surface area contributed by atoms with Gasteiger partial charge in [0.05, 0.1) is 26.7 Å². The van der Waals surface area contributed by atoms with E-state index in [1.54, 1.807) is 0 Å². The SMILES string of the molecule is CC(C)(CCCN)[N+](C)(C)C.[O-][SiH3]. The molecule has 2 N–H and O–H groups in total. The second-order valence-corrected chi connectivity index (χ2v) is 4.72. The lowest BCUT2D eigenvalue weighted by molar-refractivity contribution is -0.920. The van der Waals surface area contributed by atoms with Crippen molar-refractivity contribution < 1.29 is 9.28 Å². The number of nitrogens with two attached hydrogens (primary N) is 1. The van der Waals surface area contributed by atoms with E-state index >= 15 is 0 Å². The molecule has 0 heterocycles. The Morgan fingerprint density at radius 2 is 1.62 bits per heavy atom. The van der Waals surface area contributed by atoms with Crippen molar-refractivity contribution in [2.24, 2.45) is 5.73 Å². The summed E-state index contributed by atoms with van der Waals surface area (Å²) in [5.41, 5.74) is 5.82. The van der Waals surface area contributed by atoms with Crippen molar-refractivity contribution in [1.29, 1.82) is 0 Å². The van der Waals surface area contributed by atoms with Gasteiger partial charge in [0, 0.05) is 6.42 Å². The van der Waals surface area contributed by atoms with Crippen LogP contribution in [0.4, 0.5) is 0 Å². The van der Waals surface area contributed by atoms with Gasteiger partial charge in [-0.1, -0.05) is 10.5 Å². The van der Waals surface area contributed by atoms with Crippen LogP contribution in [0.2, 0.25) is 0 Å². The monoisotopic (exact) mass is 206 g/mol. The van der Waals surface area contributed by atoms with E-state index in [0.717, 1.165) is 17.4 Å². The van der Waals surface area contributed by atoms with Crippen LogP contribution in [0, 0.1) is 0 Å². The van der Waals surface area contributed by atoms with Crippen LogP contribution < -0.4 is 10.5 Å². The first-order chi connectivity index (χ1) is 5.81. The first-order valence-electron chi connectivity index (χ1n) is 4.74. The average molecular weight is 206 g/mol. The lowest BCUT2D eigenvalue weighted by Gasteiger charge is -2.41. The van der Waals surface area contributed by atoms with Gasteiger partial charge in [-0.05, 0) is 26.8 Å². The maximum absolute atomic E-state index is 8.39. The number of rotatable bonds is 4. The van der Waals surface area contributed by atoms with E-state index in [2.05, 4.69) is 35.0 Å². The largest absolute Gasteiger partial charge is 0.865 e. The molecular weight excluding hydrogens is 180 g/mol. The molecular formula is C9H26N2OSi. The molecule has 0 spiro atoms. The summed E-state index contributed by atoms with van der Waals surface area (Å²) in [7, 11) is 6.75. The van der Waals surface area contributed by atoms with Crippen LogP contribution >= 0.6 is 0 Å². The number of hydrogen-bond acceptors (Lipinski definition) is 2. The zero-order valence-electron chi connectivity index (χ0n) is 10.1. The molecule has 0 aliphatic carbocycles. The van der Waals surface area contributed by atoms with E-state index in [1.807, 2.05) is 0 Å². The van der Waals surface area contributed by atoms with Gasteiger partial charge in [-0.3, -0.25) is 0 Å². The fourth-order valence-electron chi connectivity index (χ4n) is 0.870. The van der Waals surface area contributed by atoms with Gasteiger partial charge >= 0.3 is 0 Å². The van der Waals surface area contributed by atoms with Crippen LogP contribution in [0.5, 0.6) is 0 Å². The third-order valence-corrected chi connectivity index (χ3v) is 2.81. The summed E-state index contributed by atoms with van der Waals surface area (Å²) in [6.45, 7) is 5.40. The second kappa shape index (κ2) is 6.54. The topological polar surface area (TPSA) is 49.1 Å². The van der Waals surface area contributed by atoms with E-state index in [1.165, 1.54) is 6.42 Å². The molecule has 0 radical (unpaired) electrons. The first kappa shape index (κ1) is 15.6. The molecule has 0 rings (SSSR count). The molecule has 82 valence electrons. The molecule has 0 aromatic heterocycles. The maximum Gasteiger partial charge on any atom is 0.0929 e. The zero-order chi connectivity index (χ0) is 11.1. The Labute approximate surface area is 86.1 Å². The van der Waals surface area contributed by atoms with E-state index < -0.39 is 0 Å². The van der Waals surface area contributed by atoms with Crippen LogP contribution in [-0.2, 0) is 0 Å². The Bertz CT molecular complexity index is 121. The van der Waals surface area contributed by atoms with Crippen LogP contribution in [0.15, 0.2) is 0 Å². The fourth-order valence-corrected chi connectivity index (χ4v) is 0.870. The van der Waals surface area contributed by atoms with Crippen molar-refractivity contribution in [2.75, 3.05) is 27.7 Å². The van der Waals surface area contributed by atoms with Gasteiger partial charge in [0.25, 0.3) is 0 Å². The van der Waals surface area contributed by atoms with Gasteiger partial charge in [-0.15, -0.1) is 0 Å². The Morgan fingerprint density at radius 3 is 1.85 bits per heavy atom. The molecule has 0 atom stereocenters. The zero-order valence-corrected chi connectivity index (χ0v) is 12.1. The third-order valence-electron chi connectivity index (χ3n) is 2.81. The van der Waals surface area contributed by atoms with Crippen LogP contribution in [0.25, 0.3) is 0 Å². The lowest BCUT2D eigenvalue weighted by atomic mass is 9.95. The number of hydrogen-bond donors (Lipinski definition) is 1. The number of nitrogens with zero attached hydrogens (tertiary/aromatic N) is 1. The summed E-state index contributed by atoms with van der Waals surface area (Å²) in [6.07, 6.45) is 2.33. The smallest absolute Gasteiger partial charge is 0.0929 e. The highest BCUT2D eigenvalue weighted by atomic mass is 28.2. The Morgan fingerprint density at radius 1 is 1.23 bits per heavy atom. The molecule has 0 amide bonds. The molecule has 0 saturated heterocycles. The highest BCUT2D eigenvalue weighted by Gasteiger charge is 2.31. The molecule has 0 aromatic carbocycles. The normalized spacial score (nSPS) is 12.2. The Balaban J connectivity index is 0. The van der Waals surface area contributed by atoms with Crippen molar-refractivity contribution >= 4 is 10.5 Å². The van der Waals surface area contributed by atoms with Gasteiger partial charge in [-0.25, -0.2) is 0 Å². The van der Waals surface area contributed by atoms with Gasteiger partial charge in [0.1, 0.15) is 0 Å². The second-order valence-electron chi connectivity index (χ2n) is 4.72. The van der Waals surface area contributed by atoms with E-state index in [4.69, 9.17) is 10.5 Å². The van der Waals surface area contributed by atoms with Crippen molar-refractivity contribution in [2.45, 2.75) is 32.2 Å². The standard InChI is InChI=1S/C9H23N2.H3OSi/c1-9(2,7-6-8-10)11(3,4)5;1-2/h6-8,10H2,1-5H3;2H3/q+1;-1. The molecule has 0 saturated carbocycles. The van der Waals surface area contributed by atoms with Gasteiger partial charge in [0.15, 0.2) is 0 Å². The summed E-state index contributed by atoms with van der Waals surface area (Å²) in [6, 6.07) is 0. The molecule has 3 nitrogen and oxygen atoms in total. The molecule has 0 aliphatic heterocycles. The maximum atomic E-state index is 8.39. The van der Waals surface area contributed by atoms with Gasteiger partial charge < -0.3 is 15.0 Å². The van der Waals surface area contributed by atoms with Gasteiger partial charge in [0.2, 0.25) is 0 Å². The van der Waals surface area contributed by atoms with Crippen LogP contribution in [-0.4, -0.2) is 48.2 Å². The molecule has 4 heteroatoms. The van der Waals surface area contributed by atoms with Crippen molar-refractivity contribution in [3.63, 3.8) is 0 Å². The Kier molecular flexibility index (Phi) is 7.82.